The van der Waals surface area contributed by atoms with Crippen LogP contribution in [0.5, 0.6) is 0 Å². The summed E-state index contributed by atoms with van der Waals surface area (Å²) in [7, 11) is 1.67. The van der Waals surface area contributed by atoms with Gasteiger partial charge in [0.1, 0.15) is 6.34 Å². The van der Waals surface area contributed by atoms with E-state index in [2.05, 4.69) is 15.3 Å². The molecule has 0 bridgehead atoms. The summed E-state index contributed by atoms with van der Waals surface area (Å²) < 4.78 is 0. The lowest BCUT2D eigenvalue weighted by atomic mass is 10.9. The molecule has 0 amide bonds. The van der Waals surface area contributed by atoms with Gasteiger partial charge in [0.15, 0.2) is 0 Å². The van der Waals surface area contributed by atoms with Crippen molar-refractivity contribution in [1.82, 2.24) is 5.48 Å². The van der Waals surface area contributed by atoms with Gasteiger partial charge in [-0.15, -0.1) is 0 Å². The molecule has 0 aromatic rings. The molecule has 0 unspecified atom stereocenters. The molecule has 0 rings (SSSR count). The predicted octanol–water partition coefficient (Wildman–Crippen LogP) is 0.186. The average Bonchev–Trinajstić information content (AvgIpc) is 1.69. The molecule has 0 aliphatic carbocycles. The second-order valence-electron chi connectivity index (χ2n) is 0.938. The fourth-order valence-electron chi connectivity index (χ4n) is 0.173. The summed E-state index contributed by atoms with van der Waals surface area (Å²) in [5.74, 6) is 0. The van der Waals surface area contributed by atoms with E-state index in [1.54, 1.807) is 7.05 Å². The van der Waals surface area contributed by atoms with E-state index < -0.39 is 0 Å². The monoisotopic (exact) mass is 102 g/mol. The summed E-state index contributed by atoms with van der Waals surface area (Å²) in [6, 6.07) is 0. The lowest BCUT2D eigenvalue weighted by Crippen LogP contribution is -2.10. The van der Waals surface area contributed by atoms with Crippen molar-refractivity contribution in [3.05, 3.63) is 0 Å². The van der Waals surface area contributed by atoms with Gasteiger partial charge in [0.25, 0.3) is 0 Å². The van der Waals surface area contributed by atoms with Crippen LogP contribution in [0.25, 0.3) is 0 Å². The highest BCUT2D eigenvalue weighted by atomic mass is 16.6. The summed E-state index contributed by atoms with van der Waals surface area (Å²) in [5, 5.41) is 0. The van der Waals surface area contributed by atoms with Crippen molar-refractivity contribution in [2.45, 2.75) is 6.92 Å². The van der Waals surface area contributed by atoms with Gasteiger partial charge in [0, 0.05) is 7.05 Å². The Labute approximate surface area is 43.3 Å². The SMILES string of the molecule is CCONC=NC. The van der Waals surface area contributed by atoms with Crippen LogP contribution in [0.2, 0.25) is 0 Å². The van der Waals surface area contributed by atoms with E-state index in [-0.39, 0.29) is 0 Å². The molecular weight excluding hydrogens is 92.1 g/mol. The van der Waals surface area contributed by atoms with Gasteiger partial charge in [0.05, 0.1) is 6.61 Å². The molecule has 0 aromatic carbocycles. The molecule has 1 N–H and O–H groups in total. The highest BCUT2D eigenvalue weighted by Gasteiger charge is 1.66. The van der Waals surface area contributed by atoms with Crippen molar-refractivity contribution < 1.29 is 4.84 Å². The van der Waals surface area contributed by atoms with Gasteiger partial charge < -0.3 is 0 Å². The van der Waals surface area contributed by atoms with Crippen LogP contribution in [0.3, 0.4) is 0 Å². The topological polar surface area (TPSA) is 33.6 Å². The molecule has 3 heteroatoms. The van der Waals surface area contributed by atoms with Crippen LogP contribution in [0.4, 0.5) is 0 Å². The Morgan fingerprint density at radius 2 is 2.57 bits per heavy atom. The third-order valence-electron chi connectivity index (χ3n) is 0.409. The zero-order chi connectivity index (χ0) is 5.54. The van der Waals surface area contributed by atoms with E-state index in [0.29, 0.717) is 6.61 Å². The third kappa shape index (κ3) is 5.43. The highest BCUT2D eigenvalue weighted by Crippen LogP contribution is 1.57. The number of nitrogens with one attached hydrogen (secondary N) is 1. The Morgan fingerprint density at radius 3 is 3.00 bits per heavy atom. The van der Waals surface area contributed by atoms with Gasteiger partial charge in [-0.25, -0.2) is 0 Å². The molecule has 0 spiro atoms. The minimum absolute atomic E-state index is 0.659. The number of nitrogens with zero attached hydrogens (tertiary/aromatic N) is 1. The first-order valence-electron chi connectivity index (χ1n) is 2.19. The largest absolute Gasteiger partial charge is 0.277 e. The van der Waals surface area contributed by atoms with Crippen molar-refractivity contribution >= 4 is 6.34 Å². The van der Waals surface area contributed by atoms with E-state index in [9.17, 15) is 0 Å². The van der Waals surface area contributed by atoms with E-state index in [1.807, 2.05) is 6.92 Å². The molecule has 0 saturated carbocycles. The van der Waals surface area contributed by atoms with Crippen LogP contribution >= 0.6 is 0 Å². The molecule has 0 radical (unpaired) electrons. The zero-order valence-corrected chi connectivity index (χ0v) is 4.64. The molecule has 0 aliphatic heterocycles. The third-order valence-corrected chi connectivity index (χ3v) is 0.409. The Balaban J connectivity index is 2.69. The van der Waals surface area contributed by atoms with Gasteiger partial charge in [0.2, 0.25) is 0 Å². The van der Waals surface area contributed by atoms with Crippen molar-refractivity contribution in [2.75, 3.05) is 13.7 Å². The van der Waals surface area contributed by atoms with E-state index >= 15 is 0 Å². The standard InChI is InChI=1S/C4H10N2O/c1-3-7-6-4-5-2/h4H,3H2,1-2H3,(H,5,6). The number of rotatable bonds is 3. The summed E-state index contributed by atoms with van der Waals surface area (Å²) in [6.45, 7) is 2.56. The molecule has 0 fully saturated rings. The molecular formula is C4H10N2O. The molecule has 7 heavy (non-hydrogen) atoms. The molecule has 3 nitrogen and oxygen atoms in total. The Kier molecular flexibility index (Phi) is 4.99. The lowest BCUT2D eigenvalue weighted by molar-refractivity contribution is 0.100. The smallest absolute Gasteiger partial charge is 0.106 e. The molecule has 0 atom stereocenters. The maximum absolute atomic E-state index is 4.67. The summed E-state index contributed by atoms with van der Waals surface area (Å²) in [6.07, 6.45) is 1.49. The van der Waals surface area contributed by atoms with E-state index in [0.717, 1.165) is 0 Å². The summed E-state index contributed by atoms with van der Waals surface area (Å²) in [4.78, 5) is 8.29. The molecule has 42 valence electrons. The van der Waals surface area contributed by atoms with Gasteiger partial charge in [-0.1, -0.05) is 0 Å². The lowest BCUT2D eigenvalue weighted by Gasteiger charge is -1.92. The van der Waals surface area contributed by atoms with Crippen LogP contribution in [0.15, 0.2) is 4.99 Å². The van der Waals surface area contributed by atoms with Crippen LogP contribution < -0.4 is 5.48 Å². The Hall–Kier alpha value is -0.570. The number of hydrogen-bond donors (Lipinski definition) is 1. The van der Waals surface area contributed by atoms with Gasteiger partial charge in [-0.05, 0) is 6.92 Å². The average molecular weight is 102 g/mol. The first-order chi connectivity index (χ1) is 3.41. The van der Waals surface area contributed by atoms with Crippen molar-refractivity contribution in [3.8, 4) is 0 Å². The van der Waals surface area contributed by atoms with Gasteiger partial charge in [-0.3, -0.25) is 15.3 Å². The van der Waals surface area contributed by atoms with Gasteiger partial charge >= 0.3 is 0 Å². The van der Waals surface area contributed by atoms with Crippen LogP contribution in [0.1, 0.15) is 6.92 Å². The fraction of sp³-hybridized carbons (Fsp3) is 0.750. The fourth-order valence-corrected chi connectivity index (χ4v) is 0.173. The predicted molar refractivity (Wildman–Crippen MR) is 29.2 cm³/mol. The summed E-state index contributed by atoms with van der Waals surface area (Å²) >= 11 is 0. The second kappa shape index (κ2) is 5.43. The number of hydrogen-bond acceptors (Lipinski definition) is 2. The normalized spacial score (nSPS) is 10.0. The summed E-state index contributed by atoms with van der Waals surface area (Å²) in [5.41, 5.74) is 2.49. The highest BCUT2D eigenvalue weighted by molar-refractivity contribution is 5.51. The van der Waals surface area contributed by atoms with Crippen molar-refractivity contribution in [3.63, 3.8) is 0 Å². The van der Waals surface area contributed by atoms with Gasteiger partial charge in [-0.2, -0.15) is 0 Å². The molecule has 0 saturated heterocycles. The minimum atomic E-state index is 0.659. The van der Waals surface area contributed by atoms with Crippen LogP contribution in [0, 0.1) is 0 Å². The van der Waals surface area contributed by atoms with E-state index in [4.69, 9.17) is 0 Å². The first-order valence-corrected chi connectivity index (χ1v) is 2.19. The second-order valence-corrected chi connectivity index (χ2v) is 0.938. The first kappa shape index (κ1) is 6.43. The minimum Gasteiger partial charge on any atom is -0.277 e. The molecule has 0 aliphatic rings. The van der Waals surface area contributed by atoms with Crippen LogP contribution in [-0.2, 0) is 4.84 Å². The van der Waals surface area contributed by atoms with Crippen LogP contribution in [-0.4, -0.2) is 20.0 Å². The van der Waals surface area contributed by atoms with Crippen molar-refractivity contribution in [2.24, 2.45) is 4.99 Å². The Bertz CT molecular complexity index is 53.7. The zero-order valence-electron chi connectivity index (χ0n) is 4.64. The molecule has 0 aromatic heterocycles. The number of hydroxylamine groups is 1. The molecule has 0 heterocycles. The number of aliphatic imine (C=N–C) groups is 1. The van der Waals surface area contributed by atoms with E-state index in [1.165, 1.54) is 6.34 Å². The quantitative estimate of drug-likeness (QED) is 0.239. The Morgan fingerprint density at radius 1 is 1.86 bits per heavy atom. The maximum Gasteiger partial charge on any atom is 0.106 e. The maximum atomic E-state index is 4.67. The van der Waals surface area contributed by atoms with Crippen molar-refractivity contribution in [1.29, 1.82) is 0 Å².